The Morgan fingerprint density at radius 3 is 2.50 bits per heavy atom. The first-order chi connectivity index (χ1) is 9.58. The molecule has 0 aliphatic rings. The Kier molecular flexibility index (Phi) is 4.82. The van der Waals surface area contributed by atoms with E-state index in [1.165, 1.54) is 0 Å². The molecule has 1 N–H and O–H groups in total. The van der Waals surface area contributed by atoms with Crippen LogP contribution < -0.4 is 5.32 Å². The molecule has 4 nitrogen and oxygen atoms in total. The second kappa shape index (κ2) is 6.59. The summed E-state index contributed by atoms with van der Waals surface area (Å²) < 4.78 is 5.08. The summed E-state index contributed by atoms with van der Waals surface area (Å²) in [7, 11) is 3.96. The van der Waals surface area contributed by atoms with Gasteiger partial charge in [-0.2, -0.15) is 0 Å². The maximum atomic E-state index is 11.9. The number of likely N-dealkylation sites (N-methyl/N-ethyl adjacent to an activating group) is 1. The zero-order valence-corrected chi connectivity index (χ0v) is 12.2. The lowest BCUT2D eigenvalue weighted by Crippen LogP contribution is -2.34. The van der Waals surface area contributed by atoms with Gasteiger partial charge in [-0.1, -0.05) is 30.3 Å². The minimum absolute atomic E-state index is 0.102. The summed E-state index contributed by atoms with van der Waals surface area (Å²) >= 11 is 5.66. The van der Waals surface area contributed by atoms with E-state index < -0.39 is 0 Å². The van der Waals surface area contributed by atoms with Gasteiger partial charge in [-0.3, -0.25) is 4.79 Å². The van der Waals surface area contributed by atoms with Gasteiger partial charge in [0.05, 0.1) is 6.04 Å². The lowest BCUT2D eigenvalue weighted by Gasteiger charge is -2.24. The topological polar surface area (TPSA) is 45.5 Å². The highest BCUT2D eigenvalue weighted by Crippen LogP contribution is 2.17. The van der Waals surface area contributed by atoms with Crippen molar-refractivity contribution >= 4 is 17.5 Å². The van der Waals surface area contributed by atoms with Crippen molar-refractivity contribution in [3.8, 4) is 0 Å². The van der Waals surface area contributed by atoms with E-state index in [0.717, 1.165) is 5.56 Å². The number of rotatable bonds is 5. The van der Waals surface area contributed by atoms with E-state index in [1.54, 1.807) is 12.1 Å². The lowest BCUT2D eigenvalue weighted by atomic mass is 10.1. The number of amides is 1. The highest BCUT2D eigenvalue weighted by molar-refractivity contribution is 6.29. The number of halogens is 1. The fraction of sp³-hybridized carbons (Fsp3) is 0.267. The Morgan fingerprint density at radius 2 is 1.95 bits per heavy atom. The maximum Gasteiger partial charge on any atom is 0.287 e. The SMILES string of the molecule is CN(C)C(CNC(=O)c1ccc(Cl)o1)c1ccccc1. The number of nitrogens with zero attached hydrogens (tertiary/aromatic N) is 1. The minimum atomic E-state index is -0.264. The normalized spacial score (nSPS) is 12.4. The number of benzene rings is 1. The molecule has 5 heteroatoms. The van der Waals surface area contributed by atoms with E-state index in [0.29, 0.717) is 6.54 Å². The largest absolute Gasteiger partial charge is 0.440 e. The first kappa shape index (κ1) is 14.6. The fourth-order valence-electron chi connectivity index (χ4n) is 1.99. The smallest absolute Gasteiger partial charge is 0.287 e. The van der Waals surface area contributed by atoms with Crippen molar-refractivity contribution in [1.82, 2.24) is 10.2 Å². The van der Waals surface area contributed by atoms with Crippen molar-refractivity contribution in [2.24, 2.45) is 0 Å². The molecule has 0 saturated heterocycles. The lowest BCUT2D eigenvalue weighted by molar-refractivity contribution is 0.0914. The molecule has 1 aromatic carbocycles. The molecule has 20 heavy (non-hydrogen) atoms. The van der Waals surface area contributed by atoms with Gasteiger partial charge in [0.15, 0.2) is 11.0 Å². The van der Waals surface area contributed by atoms with Gasteiger partial charge in [0.25, 0.3) is 5.91 Å². The summed E-state index contributed by atoms with van der Waals surface area (Å²) in [6.07, 6.45) is 0. The third kappa shape index (κ3) is 3.62. The van der Waals surface area contributed by atoms with Crippen molar-refractivity contribution in [2.75, 3.05) is 20.6 Å². The Morgan fingerprint density at radius 1 is 1.25 bits per heavy atom. The van der Waals surface area contributed by atoms with Crippen molar-refractivity contribution in [3.63, 3.8) is 0 Å². The van der Waals surface area contributed by atoms with E-state index >= 15 is 0 Å². The summed E-state index contributed by atoms with van der Waals surface area (Å²) in [4.78, 5) is 14.0. The fourth-order valence-corrected chi connectivity index (χ4v) is 2.13. The first-order valence-electron chi connectivity index (χ1n) is 6.33. The second-order valence-electron chi connectivity index (χ2n) is 4.70. The van der Waals surface area contributed by atoms with Gasteiger partial charge in [0, 0.05) is 6.54 Å². The zero-order chi connectivity index (χ0) is 14.5. The second-order valence-corrected chi connectivity index (χ2v) is 5.08. The molecule has 1 aromatic heterocycles. The Labute approximate surface area is 123 Å². The Bertz CT molecular complexity index is 566. The van der Waals surface area contributed by atoms with Crippen molar-refractivity contribution < 1.29 is 9.21 Å². The van der Waals surface area contributed by atoms with Crippen molar-refractivity contribution in [1.29, 1.82) is 0 Å². The van der Waals surface area contributed by atoms with Gasteiger partial charge < -0.3 is 14.6 Å². The van der Waals surface area contributed by atoms with Crippen LogP contribution in [0.25, 0.3) is 0 Å². The number of hydrogen-bond acceptors (Lipinski definition) is 3. The highest BCUT2D eigenvalue weighted by atomic mass is 35.5. The molecule has 0 aliphatic heterocycles. The zero-order valence-electron chi connectivity index (χ0n) is 11.5. The molecule has 0 bridgehead atoms. The molecule has 0 radical (unpaired) electrons. The Hall–Kier alpha value is -1.78. The first-order valence-corrected chi connectivity index (χ1v) is 6.70. The van der Waals surface area contributed by atoms with Crippen LogP contribution in [0, 0.1) is 0 Å². The number of carbonyl (C=O) groups excluding carboxylic acids is 1. The van der Waals surface area contributed by atoms with Crippen LogP contribution in [-0.4, -0.2) is 31.4 Å². The minimum Gasteiger partial charge on any atom is -0.440 e. The van der Waals surface area contributed by atoms with Gasteiger partial charge in [-0.05, 0) is 43.4 Å². The van der Waals surface area contributed by atoms with Crippen LogP contribution in [0.3, 0.4) is 0 Å². The van der Waals surface area contributed by atoms with E-state index in [1.807, 2.05) is 44.4 Å². The molecule has 106 valence electrons. The van der Waals surface area contributed by atoms with E-state index in [9.17, 15) is 4.79 Å². The average molecular weight is 293 g/mol. The summed E-state index contributed by atoms with van der Waals surface area (Å²) in [6, 6.07) is 13.2. The summed E-state index contributed by atoms with van der Waals surface area (Å²) in [6.45, 7) is 0.494. The number of nitrogens with one attached hydrogen (secondary N) is 1. The monoisotopic (exact) mass is 292 g/mol. The molecule has 0 aliphatic carbocycles. The van der Waals surface area contributed by atoms with E-state index in [4.69, 9.17) is 16.0 Å². The molecule has 0 saturated carbocycles. The molecule has 1 unspecified atom stereocenters. The molecular formula is C15H17ClN2O2. The summed E-state index contributed by atoms with van der Waals surface area (Å²) in [5.74, 6) is -0.0414. The van der Waals surface area contributed by atoms with Crippen LogP contribution in [0.2, 0.25) is 5.22 Å². The van der Waals surface area contributed by atoms with Crippen LogP contribution in [0.15, 0.2) is 46.9 Å². The average Bonchev–Trinajstić information content (AvgIpc) is 2.86. The van der Waals surface area contributed by atoms with E-state index in [2.05, 4.69) is 10.2 Å². The third-order valence-corrected chi connectivity index (χ3v) is 3.26. The quantitative estimate of drug-likeness (QED) is 0.921. The number of hydrogen-bond donors (Lipinski definition) is 1. The number of carbonyl (C=O) groups is 1. The van der Waals surface area contributed by atoms with Gasteiger partial charge >= 0.3 is 0 Å². The number of furan rings is 1. The highest BCUT2D eigenvalue weighted by Gasteiger charge is 2.17. The van der Waals surface area contributed by atoms with Gasteiger partial charge in [-0.15, -0.1) is 0 Å². The van der Waals surface area contributed by atoms with Crippen LogP contribution in [0.5, 0.6) is 0 Å². The summed E-state index contributed by atoms with van der Waals surface area (Å²) in [5, 5.41) is 3.07. The maximum absolute atomic E-state index is 11.9. The van der Waals surface area contributed by atoms with Gasteiger partial charge in [-0.25, -0.2) is 0 Å². The van der Waals surface area contributed by atoms with Crippen LogP contribution in [0.4, 0.5) is 0 Å². The molecule has 2 rings (SSSR count). The standard InChI is InChI=1S/C15H17ClN2O2/c1-18(2)12(11-6-4-3-5-7-11)10-17-15(19)13-8-9-14(16)20-13/h3-9,12H,10H2,1-2H3,(H,17,19). The predicted octanol–water partition coefficient (Wildman–Crippen LogP) is 2.97. The molecule has 0 fully saturated rings. The molecule has 0 spiro atoms. The predicted molar refractivity (Wildman–Crippen MR) is 78.9 cm³/mol. The molecule has 2 aromatic rings. The van der Waals surface area contributed by atoms with Gasteiger partial charge in [0.1, 0.15) is 0 Å². The van der Waals surface area contributed by atoms with Crippen LogP contribution in [-0.2, 0) is 0 Å². The third-order valence-electron chi connectivity index (χ3n) is 3.06. The molecule has 1 heterocycles. The molecule has 1 amide bonds. The van der Waals surface area contributed by atoms with Gasteiger partial charge in [0.2, 0.25) is 0 Å². The Balaban J connectivity index is 2.01. The van der Waals surface area contributed by atoms with Crippen molar-refractivity contribution in [3.05, 3.63) is 59.0 Å². The summed E-state index contributed by atoms with van der Waals surface area (Å²) in [5.41, 5.74) is 1.15. The molecule has 1 atom stereocenters. The van der Waals surface area contributed by atoms with Crippen molar-refractivity contribution in [2.45, 2.75) is 6.04 Å². The van der Waals surface area contributed by atoms with Crippen LogP contribution >= 0.6 is 11.6 Å². The van der Waals surface area contributed by atoms with E-state index in [-0.39, 0.29) is 22.9 Å². The molecular weight excluding hydrogens is 276 g/mol. The van der Waals surface area contributed by atoms with Crippen LogP contribution in [0.1, 0.15) is 22.2 Å².